The van der Waals surface area contributed by atoms with Crippen molar-refractivity contribution in [2.45, 2.75) is 19.9 Å². The van der Waals surface area contributed by atoms with Gasteiger partial charge in [-0.25, -0.2) is 9.79 Å². The minimum Gasteiger partial charge on any atom is -0.506 e. The number of ether oxygens (including phenoxy) is 3. The van der Waals surface area contributed by atoms with E-state index in [0.717, 1.165) is 11.3 Å². The van der Waals surface area contributed by atoms with E-state index >= 15 is 0 Å². The van der Waals surface area contributed by atoms with Crippen molar-refractivity contribution in [3.63, 3.8) is 0 Å². The monoisotopic (exact) mass is 548 g/mol. The third-order valence-corrected chi connectivity index (χ3v) is 7.09. The van der Waals surface area contributed by atoms with Gasteiger partial charge in [0.25, 0.3) is 5.56 Å². The molecule has 0 spiro atoms. The highest BCUT2D eigenvalue weighted by Crippen LogP contribution is 2.38. The van der Waals surface area contributed by atoms with Gasteiger partial charge in [-0.3, -0.25) is 9.36 Å². The molecular formula is C25H22Cl2N2O6S. The highest BCUT2D eigenvalue weighted by atomic mass is 35.5. The summed E-state index contributed by atoms with van der Waals surface area (Å²) in [4.78, 5) is 31.7. The number of phenolic OH excluding ortho intramolecular Hbond substituents is 1. The number of benzene rings is 2. The first-order valence-corrected chi connectivity index (χ1v) is 12.4. The Bertz CT molecular complexity index is 1570. The first-order chi connectivity index (χ1) is 17.2. The van der Waals surface area contributed by atoms with Gasteiger partial charge in [0.2, 0.25) is 0 Å². The van der Waals surface area contributed by atoms with Crippen LogP contribution in [0.3, 0.4) is 0 Å². The van der Waals surface area contributed by atoms with Crippen LogP contribution in [0.5, 0.6) is 17.2 Å². The zero-order valence-electron chi connectivity index (χ0n) is 19.8. The van der Waals surface area contributed by atoms with Gasteiger partial charge < -0.3 is 19.3 Å². The van der Waals surface area contributed by atoms with Gasteiger partial charge in [0.1, 0.15) is 23.3 Å². The fraction of sp³-hybridized carbons (Fsp3) is 0.240. The maximum absolute atomic E-state index is 13.7. The van der Waals surface area contributed by atoms with Crippen molar-refractivity contribution in [1.82, 2.24) is 4.57 Å². The summed E-state index contributed by atoms with van der Waals surface area (Å²) in [5.41, 5.74) is 1.03. The first-order valence-electron chi connectivity index (χ1n) is 10.8. The number of halogens is 2. The van der Waals surface area contributed by atoms with Gasteiger partial charge in [0, 0.05) is 22.2 Å². The Balaban J connectivity index is 2.02. The van der Waals surface area contributed by atoms with Gasteiger partial charge in [-0.15, -0.1) is 0 Å². The normalized spacial score (nSPS) is 15.4. The number of hydrogen-bond acceptors (Lipinski definition) is 8. The number of hydrogen-bond donors (Lipinski definition) is 1. The number of aromatic nitrogens is 1. The van der Waals surface area contributed by atoms with Gasteiger partial charge in [0.15, 0.2) is 4.80 Å². The molecule has 0 radical (unpaired) electrons. The standard InChI is InChI=1S/C25H22Cl2N2O6S/c1-5-35-24(32)20-12(2)28-25-29(21(20)16-7-6-15(33-3)11-18(16)34-4)23(31)19(36-25)9-13-8-14(26)10-17(27)22(13)30/h6-11,21,30H,5H2,1-4H3/b19-9-/t21-/m0/s1. The van der Waals surface area contributed by atoms with Crippen LogP contribution >= 0.6 is 34.5 Å². The van der Waals surface area contributed by atoms with Crippen molar-refractivity contribution in [3.8, 4) is 17.2 Å². The number of aromatic hydroxyl groups is 1. The summed E-state index contributed by atoms with van der Waals surface area (Å²) in [6.45, 7) is 3.55. The van der Waals surface area contributed by atoms with Crippen LogP contribution in [0.1, 0.15) is 31.0 Å². The molecule has 2 aromatic carbocycles. The number of nitrogens with zero attached hydrogens (tertiary/aromatic N) is 2. The number of methoxy groups -OCH3 is 2. The molecule has 2 heterocycles. The molecule has 188 valence electrons. The van der Waals surface area contributed by atoms with Crippen LogP contribution in [0.15, 0.2) is 51.4 Å². The van der Waals surface area contributed by atoms with Crippen molar-refractivity contribution >= 4 is 46.6 Å². The second-order valence-electron chi connectivity index (χ2n) is 7.74. The summed E-state index contributed by atoms with van der Waals surface area (Å²) in [6.07, 6.45) is 1.49. The molecule has 8 nitrogen and oxygen atoms in total. The van der Waals surface area contributed by atoms with E-state index in [9.17, 15) is 14.7 Å². The average molecular weight is 549 g/mol. The van der Waals surface area contributed by atoms with E-state index in [4.69, 9.17) is 37.4 Å². The van der Waals surface area contributed by atoms with E-state index in [0.29, 0.717) is 32.6 Å². The molecule has 0 unspecified atom stereocenters. The Morgan fingerprint density at radius 3 is 2.64 bits per heavy atom. The molecule has 0 saturated carbocycles. The van der Waals surface area contributed by atoms with E-state index in [2.05, 4.69) is 4.99 Å². The van der Waals surface area contributed by atoms with E-state index in [1.807, 2.05) is 0 Å². The van der Waals surface area contributed by atoms with Crippen molar-refractivity contribution in [2.75, 3.05) is 20.8 Å². The number of carbonyl (C=O) groups excluding carboxylic acids is 1. The molecule has 3 aromatic rings. The summed E-state index contributed by atoms with van der Waals surface area (Å²) in [5.74, 6) is 0.179. The number of phenols is 1. The summed E-state index contributed by atoms with van der Waals surface area (Å²) in [5, 5.41) is 10.8. The average Bonchev–Trinajstić information content (AvgIpc) is 3.15. The van der Waals surface area contributed by atoms with Crippen LogP contribution in [0, 0.1) is 0 Å². The molecule has 36 heavy (non-hydrogen) atoms. The summed E-state index contributed by atoms with van der Waals surface area (Å²) < 4.78 is 17.9. The van der Waals surface area contributed by atoms with Gasteiger partial charge in [0.05, 0.1) is 41.7 Å². The van der Waals surface area contributed by atoms with Crippen molar-refractivity contribution in [2.24, 2.45) is 4.99 Å². The van der Waals surface area contributed by atoms with Crippen molar-refractivity contribution in [3.05, 3.63) is 82.5 Å². The van der Waals surface area contributed by atoms with Gasteiger partial charge >= 0.3 is 5.97 Å². The van der Waals surface area contributed by atoms with Crippen LogP contribution in [0.25, 0.3) is 6.08 Å². The molecule has 1 N–H and O–H groups in total. The highest BCUT2D eigenvalue weighted by Gasteiger charge is 2.35. The minimum atomic E-state index is -0.875. The number of esters is 1. The number of carbonyl (C=O) groups is 1. The van der Waals surface area contributed by atoms with Crippen LogP contribution < -0.4 is 24.4 Å². The number of allylic oxidation sites excluding steroid dienone is 1. The molecule has 4 rings (SSSR count). The third-order valence-electron chi connectivity index (χ3n) is 5.60. The molecule has 0 aliphatic carbocycles. The van der Waals surface area contributed by atoms with Crippen LogP contribution in [-0.2, 0) is 9.53 Å². The quantitative estimate of drug-likeness (QED) is 0.470. The maximum atomic E-state index is 13.7. The van der Waals surface area contributed by atoms with Gasteiger partial charge in [-0.05, 0) is 44.2 Å². The molecule has 1 atom stereocenters. The van der Waals surface area contributed by atoms with Crippen molar-refractivity contribution in [1.29, 1.82) is 0 Å². The SMILES string of the molecule is CCOC(=O)C1=C(C)N=c2s/c(=C\c3cc(Cl)cc(Cl)c3O)c(=O)n2[C@H]1c1ccc(OC)cc1OC. The number of rotatable bonds is 6. The van der Waals surface area contributed by atoms with E-state index < -0.39 is 17.6 Å². The lowest BCUT2D eigenvalue weighted by Crippen LogP contribution is -2.40. The molecule has 1 aliphatic rings. The van der Waals surface area contributed by atoms with Crippen LogP contribution in [0.4, 0.5) is 0 Å². The zero-order valence-corrected chi connectivity index (χ0v) is 22.1. The molecule has 0 saturated heterocycles. The van der Waals surface area contributed by atoms with Gasteiger partial charge in [-0.2, -0.15) is 0 Å². The fourth-order valence-corrected chi connectivity index (χ4v) is 5.51. The molecule has 0 bridgehead atoms. The first kappa shape index (κ1) is 25.8. The summed E-state index contributed by atoms with van der Waals surface area (Å²) >= 11 is 13.3. The van der Waals surface area contributed by atoms with E-state index in [1.54, 1.807) is 32.0 Å². The van der Waals surface area contributed by atoms with E-state index in [1.165, 1.54) is 37.0 Å². The Labute approximate surface area is 220 Å². The molecule has 0 fully saturated rings. The second kappa shape index (κ2) is 10.4. The number of fused-ring (bicyclic) bond motifs is 1. The second-order valence-corrected chi connectivity index (χ2v) is 9.59. The largest absolute Gasteiger partial charge is 0.506 e. The highest BCUT2D eigenvalue weighted by molar-refractivity contribution is 7.07. The smallest absolute Gasteiger partial charge is 0.338 e. The lowest BCUT2D eigenvalue weighted by atomic mass is 9.95. The lowest BCUT2D eigenvalue weighted by Gasteiger charge is -2.26. The fourth-order valence-electron chi connectivity index (χ4n) is 3.97. The van der Waals surface area contributed by atoms with Crippen molar-refractivity contribution < 1.29 is 24.1 Å². The zero-order chi connectivity index (χ0) is 26.1. The molecule has 0 amide bonds. The Morgan fingerprint density at radius 2 is 1.97 bits per heavy atom. The Hall–Kier alpha value is -3.27. The van der Waals surface area contributed by atoms with E-state index in [-0.39, 0.29) is 33.0 Å². The maximum Gasteiger partial charge on any atom is 0.338 e. The summed E-state index contributed by atoms with van der Waals surface area (Å²) in [7, 11) is 3.03. The minimum absolute atomic E-state index is 0.0582. The third kappa shape index (κ3) is 4.61. The number of thiazole rings is 1. The predicted molar refractivity (Wildman–Crippen MR) is 138 cm³/mol. The predicted octanol–water partition coefficient (Wildman–Crippen LogP) is 3.83. The Kier molecular flexibility index (Phi) is 7.44. The molecule has 1 aromatic heterocycles. The van der Waals surface area contributed by atoms with Crippen LogP contribution in [0.2, 0.25) is 10.0 Å². The topological polar surface area (TPSA) is 99.4 Å². The van der Waals surface area contributed by atoms with Crippen LogP contribution in [-0.4, -0.2) is 36.5 Å². The lowest BCUT2D eigenvalue weighted by molar-refractivity contribution is -0.139. The molecule has 1 aliphatic heterocycles. The summed E-state index contributed by atoms with van der Waals surface area (Å²) in [6, 6.07) is 7.16. The molecule has 11 heteroatoms. The molecular weight excluding hydrogens is 527 g/mol. The van der Waals surface area contributed by atoms with Gasteiger partial charge in [-0.1, -0.05) is 34.5 Å². The Morgan fingerprint density at radius 1 is 1.22 bits per heavy atom.